The number of unbranched alkanes of at least 4 members (excludes halogenated alkanes) is 1. The third kappa shape index (κ3) is 6.87. The van der Waals surface area contributed by atoms with Gasteiger partial charge in [-0.3, -0.25) is 9.59 Å². The maximum Gasteiger partial charge on any atom is 0.242 e. The van der Waals surface area contributed by atoms with Gasteiger partial charge in [0, 0.05) is 24.5 Å². The van der Waals surface area contributed by atoms with Crippen molar-refractivity contribution in [3.63, 3.8) is 0 Å². The number of fused-ring (bicyclic) bond motifs is 1. The molecular formula is C26H33ClN2O4. The molecule has 0 saturated carbocycles. The van der Waals surface area contributed by atoms with E-state index < -0.39 is 6.04 Å². The number of carbonyl (C=O) groups excluding carboxylic acids is 2. The molecule has 0 bridgehead atoms. The Labute approximate surface area is 201 Å². The monoisotopic (exact) mass is 472 g/mol. The van der Waals surface area contributed by atoms with E-state index in [0.29, 0.717) is 49.9 Å². The van der Waals surface area contributed by atoms with Crippen molar-refractivity contribution in [2.75, 3.05) is 19.8 Å². The highest BCUT2D eigenvalue weighted by Gasteiger charge is 2.28. The molecule has 0 saturated heterocycles. The molecule has 0 fully saturated rings. The van der Waals surface area contributed by atoms with E-state index in [2.05, 4.69) is 12.2 Å². The van der Waals surface area contributed by atoms with E-state index in [1.807, 2.05) is 43.3 Å². The van der Waals surface area contributed by atoms with Gasteiger partial charge in [-0.1, -0.05) is 56.1 Å². The van der Waals surface area contributed by atoms with Gasteiger partial charge >= 0.3 is 0 Å². The second-order valence-electron chi connectivity index (χ2n) is 8.16. The molecule has 1 aliphatic heterocycles. The van der Waals surface area contributed by atoms with Crippen LogP contribution in [0.5, 0.6) is 11.5 Å². The summed E-state index contributed by atoms with van der Waals surface area (Å²) in [5.74, 6) is 1.24. The Bertz CT molecular complexity index is 950. The summed E-state index contributed by atoms with van der Waals surface area (Å²) in [5, 5.41) is 3.57. The highest BCUT2D eigenvalue weighted by Crippen LogP contribution is 2.31. The molecule has 3 rings (SSSR count). The lowest BCUT2D eigenvalue weighted by Crippen LogP contribution is -2.49. The van der Waals surface area contributed by atoms with Crippen LogP contribution in [0.15, 0.2) is 42.5 Å². The summed E-state index contributed by atoms with van der Waals surface area (Å²) < 4.78 is 11.2. The van der Waals surface area contributed by atoms with Crippen LogP contribution in [0.4, 0.5) is 0 Å². The largest absolute Gasteiger partial charge is 0.486 e. The predicted molar refractivity (Wildman–Crippen MR) is 130 cm³/mol. The lowest BCUT2D eigenvalue weighted by molar-refractivity contribution is -0.141. The molecule has 1 atom stereocenters. The van der Waals surface area contributed by atoms with Gasteiger partial charge in [0.1, 0.15) is 19.3 Å². The summed E-state index contributed by atoms with van der Waals surface area (Å²) in [7, 11) is 0. The molecule has 0 radical (unpaired) electrons. The smallest absolute Gasteiger partial charge is 0.242 e. The Morgan fingerprint density at radius 3 is 2.58 bits per heavy atom. The molecule has 1 unspecified atom stereocenters. The summed E-state index contributed by atoms with van der Waals surface area (Å²) in [6, 6.07) is 12.7. The van der Waals surface area contributed by atoms with Gasteiger partial charge in [-0.05, 0) is 48.6 Å². The summed E-state index contributed by atoms with van der Waals surface area (Å²) in [4.78, 5) is 28.0. The Morgan fingerprint density at radius 1 is 1.09 bits per heavy atom. The number of hydrogen-bond acceptors (Lipinski definition) is 4. The molecule has 178 valence electrons. The Morgan fingerprint density at radius 2 is 1.85 bits per heavy atom. The molecule has 0 spiro atoms. The predicted octanol–water partition coefficient (Wildman–Crippen LogP) is 4.77. The number of nitrogens with zero attached hydrogens (tertiary/aromatic N) is 1. The van der Waals surface area contributed by atoms with Crippen molar-refractivity contribution in [3.05, 3.63) is 58.6 Å². The molecule has 7 heteroatoms. The van der Waals surface area contributed by atoms with E-state index in [0.717, 1.165) is 29.7 Å². The highest BCUT2D eigenvalue weighted by molar-refractivity contribution is 6.31. The zero-order valence-corrected chi connectivity index (χ0v) is 20.2. The van der Waals surface area contributed by atoms with Crippen LogP contribution in [0.1, 0.15) is 50.7 Å². The molecule has 6 nitrogen and oxygen atoms in total. The number of rotatable bonds is 11. The summed E-state index contributed by atoms with van der Waals surface area (Å²) in [6.45, 7) is 5.97. The van der Waals surface area contributed by atoms with Crippen LogP contribution in [0, 0.1) is 0 Å². The second kappa shape index (κ2) is 12.5. The number of hydrogen-bond donors (Lipinski definition) is 1. The standard InChI is InChI=1S/C26H33ClN2O4/c1-3-5-14-28-26(31)22(4-2)29(18-20-8-6-7-9-21(20)27)25(30)13-11-19-10-12-23-24(17-19)33-16-15-32-23/h6-10,12,17,22H,3-5,11,13-16,18H2,1-2H3,(H,28,31). The molecule has 2 amide bonds. The van der Waals surface area contributed by atoms with Gasteiger partial charge in [0.15, 0.2) is 11.5 Å². The van der Waals surface area contributed by atoms with Crippen LogP contribution in [-0.2, 0) is 22.6 Å². The van der Waals surface area contributed by atoms with Crippen LogP contribution in [-0.4, -0.2) is 42.5 Å². The third-order valence-electron chi connectivity index (χ3n) is 5.75. The average molecular weight is 473 g/mol. The van der Waals surface area contributed by atoms with Gasteiger partial charge in [-0.15, -0.1) is 0 Å². The number of carbonyl (C=O) groups is 2. The quantitative estimate of drug-likeness (QED) is 0.478. The average Bonchev–Trinajstić information content (AvgIpc) is 2.83. The van der Waals surface area contributed by atoms with Crippen LogP contribution in [0.2, 0.25) is 5.02 Å². The zero-order valence-electron chi connectivity index (χ0n) is 19.4. The van der Waals surface area contributed by atoms with Crippen molar-refractivity contribution in [2.24, 2.45) is 0 Å². The first-order chi connectivity index (χ1) is 16.0. The van der Waals surface area contributed by atoms with Crippen molar-refractivity contribution in [1.29, 1.82) is 0 Å². The molecule has 33 heavy (non-hydrogen) atoms. The van der Waals surface area contributed by atoms with Crippen molar-refractivity contribution >= 4 is 23.4 Å². The van der Waals surface area contributed by atoms with Crippen LogP contribution < -0.4 is 14.8 Å². The van der Waals surface area contributed by atoms with E-state index in [4.69, 9.17) is 21.1 Å². The molecule has 1 heterocycles. The summed E-state index contributed by atoms with van der Waals surface area (Å²) >= 11 is 6.38. The fraction of sp³-hybridized carbons (Fsp3) is 0.462. The van der Waals surface area contributed by atoms with Crippen molar-refractivity contribution in [1.82, 2.24) is 10.2 Å². The van der Waals surface area contributed by atoms with Gasteiger partial charge in [0.2, 0.25) is 11.8 Å². The first-order valence-electron chi connectivity index (χ1n) is 11.7. The van der Waals surface area contributed by atoms with Crippen molar-refractivity contribution < 1.29 is 19.1 Å². The maximum atomic E-state index is 13.4. The van der Waals surface area contributed by atoms with E-state index in [1.165, 1.54) is 0 Å². The Balaban J connectivity index is 1.74. The molecular weight excluding hydrogens is 440 g/mol. The number of nitrogens with one attached hydrogen (secondary N) is 1. The normalized spacial score (nSPS) is 13.3. The van der Waals surface area contributed by atoms with Gasteiger partial charge in [0.25, 0.3) is 0 Å². The van der Waals surface area contributed by atoms with E-state index in [9.17, 15) is 9.59 Å². The lowest BCUT2D eigenvalue weighted by atomic mass is 10.1. The van der Waals surface area contributed by atoms with Crippen molar-refractivity contribution in [3.8, 4) is 11.5 Å². The van der Waals surface area contributed by atoms with Crippen LogP contribution >= 0.6 is 11.6 Å². The Hall–Kier alpha value is -2.73. The number of halogens is 1. The number of ether oxygens (including phenoxy) is 2. The first-order valence-corrected chi connectivity index (χ1v) is 12.1. The SMILES string of the molecule is CCCCNC(=O)C(CC)N(Cc1ccccc1Cl)C(=O)CCc1ccc2c(c1)OCCO2. The number of benzene rings is 2. The van der Waals surface area contributed by atoms with Crippen molar-refractivity contribution in [2.45, 2.75) is 58.5 Å². The fourth-order valence-corrected chi connectivity index (χ4v) is 4.07. The Kier molecular flexibility index (Phi) is 9.43. The fourth-order valence-electron chi connectivity index (χ4n) is 3.87. The van der Waals surface area contributed by atoms with Crippen LogP contribution in [0.3, 0.4) is 0 Å². The second-order valence-corrected chi connectivity index (χ2v) is 8.57. The lowest BCUT2D eigenvalue weighted by Gasteiger charge is -2.31. The van der Waals surface area contributed by atoms with Gasteiger partial charge < -0.3 is 19.7 Å². The van der Waals surface area contributed by atoms with Crippen LogP contribution in [0.25, 0.3) is 0 Å². The van der Waals surface area contributed by atoms with Gasteiger partial charge in [-0.2, -0.15) is 0 Å². The minimum atomic E-state index is -0.550. The van der Waals surface area contributed by atoms with Gasteiger partial charge in [-0.25, -0.2) is 0 Å². The number of amides is 2. The highest BCUT2D eigenvalue weighted by atomic mass is 35.5. The van der Waals surface area contributed by atoms with Gasteiger partial charge in [0.05, 0.1) is 0 Å². The van der Waals surface area contributed by atoms with E-state index >= 15 is 0 Å². The molecule has 2 aromatic carbocycles. The first kappa shape index (κ1) is 24.9. The zero-order chi connectivity index (χ0) is 23.6. The topological polar surface area (TPSA) is 67.9 Å². The molecule has 1 N–H and O–H groups in total. The maximum absolute atomic E-state index is 13.4. The third-order valence-corrected chi connectivity index (χ3v) is 6.12. The number of aryl methyl sites for hydroxylation is 1. The molecule has 0 aliphatic carbocycles. The molecule has 0 aromatic heterocycles. The minimum Gasteiger partial charge on any atom is -0.486 e. The molecule has 1 aliphatic rings. The summed E-state index contributed by atoms with van der Waals surface area (Å²) in [6.07, 6.45) is 3.25. The minimum absolute atomic E-state index is 0.0812. The van der Waals surface area contributed by atoms with E-state index in [-0.39, 0.29) is 18.2 Å². The summed E-state index contributed by atoms with van der Waals surface area (Å²) in [5.41, 5.74) is 1.82. The van der Waals surface area contributed by atoms with E-state index in [1.54, 1.807) is 11.0 Å². The molecule has 2 aromatic rings.